The summed E-state index contributed by atoms with van der Waals surface area (Å²) >= 11 is 0. The molecule has 0 aliphatic carbocycles. The summed E-state index contributed by atoms with van der Waals surface area (Å²) in [6, 6.07) is 6.64. The van der Waals surface area contributed by atoms with Crippen LogP contribution >= 0.6 is 0 Å². The van der Waals surface area contributed by atoms with Gasteiger partial charge in [0.2, 0.25) is 0 Å². The third-order valence-electron chi connectivity index (χ3n) is 5.55. The number of hydrogen-bond donors (Lipinski definition) is 1. The predicted molar refractivity (Wildman–Crippen MR) is 105 cm³/mol. The van der Waals surface area contributed by atoms with Gasteiger partial charge < -0.3 is 9.84 Å². The highest BCUT2D eigenvalue weighted by Crippen LogP contribution is 2.38. The first-order chi connectivity index (χ1) is 11.6. The standard InChI is InChI=1S/C22H36O3/c1-7-21(3,4)17-13-14-19(18(16-17)22(5,6)8-2)25-15-11-9-10-12-20(23)24/h13-14,16H,7-12,15H2,1-6H3,(H,23,24). The lowest BCUT2D eigenvalue weighted by molar-refractivity contribution is -0.137. The monoisotopic (exact) mass is 348 g/mol. The van der Waals surface area contributed by atoms with Gasteiger partial charge in [0.15, 0.2) is 0 Å². The van der Waals surface area contributed by atoms with Crippen molar-refractivity contribution in [2.45, 2.75) is 90.9 Å². The molecule has 0 radical (unpaired) electrons. The van der Waals surface area contributed by atoms with E-state index in [0.717, 1.165) is 37.9 Å². The number of benzene rings is 1. The number of aliphatic carboxylic acids is 1. The first kappa shape index (κ1) is 21.5. The number of rotatable bonds is 11. The molecule has 0 bridgehead atoms. The minimum atomic E-state index is -0.720. The molecule has 1 rings (SSSR count). The highest BCUT2D eigenvalue weighted by molar-refractivity contribution is 5.66. The lowest BCUT2D eigenvalue weighted by Crippen LogP contribution is -2.21. The fourth-order valence-electron chi connectivity index (χ4n) is 2.74. The Morgan fingerprint density at radius 3 is 2.20 bits per heavy atom. The number of carboxylic acid groups (broad SMARTS) is 1. The van der Waals surface area contributed by atoms with Crippen LogP contribution in [0, 0.1) is 0 Å². The Labute approximate surface area is 153 Å². The second-order valence-corrected chi connectivity index (χ2v) is 8.24. The lowest BCUT2D eigenvalue weighted by atomic mass is 9.76. The van der Waals surface area contributed by atoms with E-state index in [1.165, 1.54) is 11.1 Å². The van der Waals surface area contributed by atoms with E-state index in [-0.39, 0.29) is 17.3 Å². The van der Waals surface area contributed by atoms with Gasteiger partial charge in [-0.2, -0.15) is 0 Å². The molecule has 142 valence electrons. The maximum absolute atomic E-state index is 10.5. The molecule has 0 saturated heterocycles. The second kappa shape index (κ2) is 9.26. The molecule has 0 unspecified atom stereocenters. The number of carbonyl (C=O) groups is 1. The lowest BCUT2D eigenvalue weighted by Gasteiger charge is -2.30. The molecular weight excluding hydrogens is 312 g/mol. The minimum Gasteiger partial charge on any atom is -0.493 e. The van der Waals surface area contributed by atoms with Gasteiger partial charge in [0.05, 0.1) is 6.61 Å². The third-order valence-corrected chi connectivity index (χ3v) is 5.55. The normalized spacial score (nSPS) is 12.2. The van der Waals surface area contributed by atoms with Gasteiger partial charge in [0.25, 0.3) is 0 Å². The number of carboxylic acids is 1. The maximum Gasteiger partial charge on any atom is 0.303 e. The summed E-state index contributed by atoms with van der Waals surface area (Å²) in [6.07, 6.45) is 4.90. The molecular formula is C22H36O3. The van der Waals surface area contributed by atoms with E-state index >= 15 is 0 Å². The van der Waals surface area contributed by atoms with Crippen LogP contribution < -0.4 is 4.74 Å². The topological polar surface area (TPSA) is 46.5 Å². The highest BCUT2D eigenvalue weighted by atomic mass is 16.5. The van der Waals surface area contributed by atoms with Crippen molar-refractivity contribution < 1.29 is 14.6 Å². The van der Waals surface area contributed by atoms with Gasteiger partial charge >= 0.3 is 5.97 Å². The molecule has 0 aliphatic heterocycles. The van der Waals surface area contributed by atoms with Crippen LogP contribution in [0.3, 0.4) is 0 Å². The molecule has 0 aromatic heterocycles. The maximum atomic E-state index is 10.5. The second-order valence-electron chi connectivity index (χ2n) is 8.24. The van der Waals surface area contributed by atoms with Crippen LogP contribution in [0.2, 0.25) is 0 Å². The number of hydrogen-bond acceptors (Lipinski definition) is 2. The largest absolute Gasteiger partial charge is 0.493 e. The van der Waals surface area contributed by atoms with Crippen molar-refractivity contribution in [3.8, 4) is 5.75 Å². The van der Waals surface area contributed by atoms with Crippen molar-refractivity contribution in [1.29, 1.82) is 0 Å². The van der Waals surface area contributed by atoms with Gasteiger partial charge in [-0.3, -0.25) is 4.79 Å². The van der Waals surface area contributed by atoms with Crippen molar-refractivity contribution in [3.05, 3.63) is 29.3 Å². The van der Waals surface area contributed by atoms with E-state index < -0.39 is 5.97 Å². The van der Waals surface area contributed by atoms with E-state index in [4.69, 9.17) is 9.84 Å². The van der Waals surface area contributed by atoms with Crippen molar-refractivity contribution in [2.24, 2.45) is 0 Å². The molecule has 0 fully saturated rings. The Bertz CT molecular complexity index is 558. The zero-order valence-corrected chi connectivity index (χ0v) is 16.9. The summed E-state index contributed by atoms with van der Waals surface area (Å²) in [5.41, 5.74) is 2.87. The molecule has 3 nitrogen and oxygen atoms in total. The van der Waals surface area contributed by atoms with Gasteiger partial charge in [-0.15, -0.1) is 0 Å². The first-order valence-electron chi connectivity index (χ1n) is 9.63. The van der Waals surface area contributed by atoms with Gasteiger partial charge in [0, 0.05) is 12.0 Å². The summed E-state index contributed by atoms with van der Waals surface area (Å²) in [6.45, 7) is 14.2. The van der Waals surface area contributed by atoms with E-state index in [1.807, 2.05) is 0 Å². The molecule has 25 heavy (non-hydrogen) atoms. The van der Waals surface area contributed by atoms with E-state index in [0.29, 0.717) is 6.61 Å². The highest BCUT2D eigenvalue weighted by Gasteiger charge is 2.26. The van der Waals surface area contributed by atoms with Gasteiger partial charge in [-0.05, 0) is 54.6 Å². The SMILES string of the molecule is CCC(C)(C)c1ccc(OCCCCCC(=O)O)c(C(C)(C)CC)c1. The van der Waals surface area contributed by atoms with E-state index in [1.54, 1.807) is 0 Å². The molecule has 0 atom stereocenters. The molecule has 1 N–H and O–H groups in total. The summed E-state index contributed by atoms with van der Waals surface area (Å²) in [5, 5.41) is 8.68. The van der Waals surface area contributed by atoms with E-state index in [9.17, 15) is 4.79 Å². The van der Waals surface area contributed by atoms with Crippen LogP contribution in [-0.4, -0.2) is 17.7 Å². The Kier molecular flexibility index (Phi) is 7.98. The van der Waals surface area contributed by atoms with Crippen LogP contribution in [0.25, 0.3) is 0 Å². The van der Waals surface area contributed by atoms with Crippen LogP contribution in [0.4, 0.5) is 0 Å². The molecule has 1 aromatic rings. The van der Waals surface area contributed by atoms with Gasteiger partial charge in [-0.1, -0.05) is 53.7 Å². The summed E-state index contributed by atoms with van der Waals surface area (Å²) in [4.78, 5) is 10.5. The van der Waals surface area contributed by atoms with Gasteiger partial charge in [-0.25, -0.2) is 0 Å². The predicted octanol–water partition coefficient (Wildman–Crippen LogP) is 6.09. The molecule has 0 spiro atoms. The van der Waals surface area contributed by atoms with E-state index in [2.05, 4.69) is 59.7 Å². The number of ether oxygens (including phenoxy) is 1. The molecule has 3 heteroatoms. The van der Waals surface area contributed by atoms with Crippen molar-refractivity contribution >= 4 is 5.97 Å². The molecule has 0 heterocycles. The molecule has 0 saturated carbocycles. The molecule has 1 aromatic carbocycles. The van der Waals surface area contributed by atoms with Crippen molar-refractivity contribution in [3.63, 3.8) is 0 Å². The Balaban J connectivity index is 2.86. The summed E-state index contributed by atoms with van der Waals surface area (Å²) < 4.78 is 6.09. The van der Waals surface area contributed by atoms with Crippen LogP contribution in [0.5, 0.6) is 5.75 Å². The van der Waals surface area contributed by atoms with Crippen LogP contribution in [0.15, 0.2) is 18.2 Å². The molecule has 0 amide bonds. The summed E-state index contributed by atoms with van der Waals surface area (Å²) in [7, 11) is 0. The first-order valence-corrected chi connectivity index (χ1v) is 9.63. The smallest absolute Gasteiger partial charge is 0.303 e. The average Bonchev–Trinajstić information content (AvgIpc) is 2.57. The fourth-order valence-corrected chi connectivity index (χ4v) is 2.74. The van der Waals surface area contributed by atoms with Gasteiger partial charge in [0.1, 0.15) is 5.75 Å². The zero-order chi connectivity index (χ0) is 19.1. The third kappa shape index (κ3) is 6.37. The van der Waals surface area contributed by atoms with Crippen molar-refractivity contribution in [2.75, 3.05) is 6.61 Å². The minimum absolute atomic E-state index is 0.0679. The van der Waals surface area contributed by atoms with Crippen molar-refractivity contribution in [1.82, 2.24) is 0 Å². The Morgan fingerprint density at radius 1 is 1.00 bits per heavy atom. The summed E-state index contributed by atoms with van der Waals surface area (Å²) in [5.74, 6) is 0.253. The number of unbranched alkanes of at least 4 members (excludes halogenated alkanes) is 2. The van der Waals surface area contributed by atoms with Crippen LogP contribution in [0.1, 0.15) is 91.2 Å². The Morgan fingerprint density at radius 2 is 1.64 bits per heavy atom. The fraction of sp³-hybridized carbons (Fsp3) is 0.682. The Hall–Kier alpha value is -1.51. The average molecular weight is 349 g/mol. The molecule has 0 aliphatic rings. The zero-order valence-electron chi connectivity index (χ0n) is 16.9. The quantitative estimate of drug-likeness (QED) is 0.492. The van der Waals surface area contributed by atoms with Crippen LogP contribution in [-0.2, 0) is 15.6 Å².